The molecule has 0 saturated heterocycles. The first-order valence-corrected chi connectivity index (χ1v) is 31.2. The number of rotatable bonds is 32. The van der Waals surface area contributed by atoms with E-state index in [2.05, 4.69) is 134 Å². The second-order valence-electron chi connectivity index (χ2n) is 21.7. The SMILES string of the molecule is CC(=O)OCCNC(=O)C1=C2C(C(C(=O)CCCOC(=O)C(F)(F)F)=NN1)C1C3C=CC(C(C)C3C)C21.CC(=O)OCCNC(=O)c1nnc(C(=O)CCCOC(=O)C(F)(F)F)nn1.O=C(CCCO)C1=NNC(C(=O)NCCO)=NN1.O=C(CCCO)c1nnc(C(=O)NCCO)nn1.O=C=O.O=C=O. The number of hydrogen-bond acceptors (Lipinski definition) is 38. The third-order valence-electron chi connectivity index (χ3n) is 14.6. The Hall–Kier alpha value is -11.6. The van der Waals surface area contributed by atoms with Gasteiger partial charge in [-0.3, -0.25) is 64.2 Å². The van der Waals surface area contributed by atoms with Crippen LogP contribution in [-0.4, -0.2) is 253 Å². The first-order valence-electron chi connectivity index (χ1n) is 31.2. The van der Waals surface area contributed by atoms with Crippen molar-refractivity contribution < 1.29 is 142 Å². The fourth-order valence-corrected chi connectivity index (χ4v) is 9.84. The number of esters is 4. The van der Waals surface area contributed by atoms with Gasteiger partial charge in [0.1, 0.15) is 24.6 Å². The number of ether oxygens (including phenoxy) is 4. The number of amidine groups is 2. The zero-order chi connectivity index (χ0) is 79.7. The first-order chi connectivity index (χ1) is 50.2. The molecule has 4 aliphatic carbocycles. The van der Waals surface area contributed by atoms with Crippen molar-refractivity contribution in [3.8, 4) is 0 Å². The van der Waals surface area contributed by atoms with Crippen molar-refractivity contribution in [1.82, 2.24) is 78.3 Å². The molecule has 4 heterocycles. The first kappa shape index (κ1) is 90.5. The molecule has 0 spiro atoms. The summed E-state index contributed by atoms with van der Waals surface area (Å²) in [5, 5.41) is 83.0. The Morgan fingerprint density at radius 1 is 0.453 bits per heavy atom. The van der Waals surface area contributed by atoms with Crippen molar-refractivity contribution in [3.05, 3.63) is 46.7 Å². The second-order valence-corrected chi connectivity index (χ2v) is 21.7. The Morgan fingerprint density at radius 3 is 1.25 bits per heavy atom. The van der Waals surface area contributed by atoms with E-state index in [0.29, 0.717) is 24.7 Å². The highest BCUT2D eigenvalue weighted by atomic mass is 19.4. The number of aromatic nitrogens is 8. The maximum atomic E-state index is 13.1. The van der Waals surface area contributed by atoms with E-state index in [-0.39, 0.29) is 193 Å². The van der Waals surface area contributed by atoms with Crippen LogP contribution in [0.5, 0.6) is 0 Å². The van der Waals surface area contributed by atoms with Crippen LogP contribution >= 0.6 is 0 Å². The van der Waals surface area contributed by atoms with Crippen molar-refractivity contribution in [1.29, 1.82) is 0 Å². The molecule has 2 aromatic heterocycles. The van der Waals surface area contributed by atoms with Gasteiger partial charge >= 0.3 is 48.5 Å². The Kier molecular flexibility index (Phi) is 40.0. The molecular weight excluding hydrogens is 1450 g/mol. The van der Waals surface area contributed by atoms with Gasteiger partial charge in [-0.15, -0.1) is 45.9 Å². The fraction of sp³-hybridized carbons (Fsp3) is 0.569. The number of alkyl halides is 6. The number of nitrogens with zero attached hydrogens (tertiary/aromatic N) is 11. The van der Waals surface area contributed by atoms with Crippen LogP contribution in [-0.2, 0) is 76.5 Å². The molecule has 7 atom stereocenters. The van der Waals surface area contributed by atoms with E-state index in [9.17, 15) is 83.9 Å². The van der Waals surface area contributed by atoms with Gasteiger partial charge in [0.05, 0.1) is 39.5 Å². The minimum absolute atomic E-state index is 0.000892. The summed E-state index contributed by atoms with van der Waals surface area (Å²) < 4.78 is 90.2. The minimum Gasteiger partial charge on any atom is -0.464 e. The van der Waals surface area contributed by atoms with E-state index >= 15 is 0 Å². The highest BCUT2D eigenvalue weighted by Gasteiger charge is 2.63. The van der Waals surface area contributed by atoms with E-state index in [4.69, 9.17) is 44.3 Å². The molecule has 48 heteroatoms. The molecule has 106 heavy (non-hydrogen) atoms. The number of fused-ring (bicyclic) bond motifs is 2. The van der Waals surface area contributed by atoms with E-state index < -0.39 is 96.3 Å². The van der Waals surface area contributed by atoms with Gasteiger partial charge in [0.2, 0.25) is 40.7 Å². The number of amides is 4. The molecule has 2 fully saturated rings. The lowest BCUT2D eigenvalue weighted by Gasteiger charge is -2.63. The lowest BCUT2D eigenvalue weighted by Crippen LogP contribution is -2.62. The number of nitrogens with one attached hydrogen (secondary N) is 7. The highest BCUT2D eigenvalue weighted by molar-refractivity contribution is 6.43. The number of halogens is 6. The summed E-state index contributed by atoms with van der Waals surface area (Å²) in [5.41, 5.74) is 8.78. The van der Waals surface area contributed by atoms with Crippen LogP contribution in [0.4, 0.5) is 26.3 Å². The lowest BCUT2D eigenvalue weighted by atomic mass is 9.40. The van der Waals surface area contributed by atoms with Crippen LogP contribution in [0.1, 0.15) is 122 Å². The molecule has 8 rings (SSSR count). The number of carbonyl (C=O) groups excluding carboxylic acids is 16. The quantitative estimate of drug-likeness (QED) is 0.00829. The van der Waals surface area contributed by atoms with Gasteiger partial charge in [-0.1, -0.05) is 26.0 Å². The van der Waals surface area contributed by atoms with E-state index in [1.54, 1.807) is 0 Å². The van der Waals surface area contributed by atoms with Crippen LogP contribution in [0.2, 0.25) is 0 Å². The number of aliphatic hydroxyl groups excluding tert-OH is 4. The third-order valence-corrected chi connectivity index (χ3v) is 14.6. The Labute approximate surface area is 593 Å². The van der Waals surface area contributed by atoms with Crippen molar-refractivity contribution in [2.75, 3.05) is 79.0 Å². The maximum Gasteiger partial charge on any atom is 0.490 e. The monoisotopic (exact) mass is 1520 g/mol. The fourth-order valence-electron chi connectivity index (χ4n) is 9.84. The molecule has 580 valence electrons. The molecule has 2 aromatic rings. The van der Waals surface area contributed by atoms with Gasteiger partial charge < -0.3 is 60.6 Å². The smallest absolute Gasteiger partial charge is 0.464 e. The van der Waals surface area contributed by atoms with Gasteiger partial charge in [0, 0.05) is 71.8 Å². The van der Waals surface area contributed by atoms with Crippen molar-refractivity contribution in [2.45, 2.75) is 91.4 Å². The van der Waals surface area contributed by atoms with Crippen LogP contribution in [0, 0.1) is 41.4 Å². The molecule has 6 aliphatic rings. The molecule has 2 aliphatic heterocycles. The average Bonchev–Trinajstić information content (AvgIpc) is 0.684. The van der Waals surface area contributed by atoms with Crippen LogP contribution < -0.4 is 37.5 Å². The van der Waals surface area contributed by atoms with E-state index in [1.165, 1.54) is 13.8 Å². The minimum atomic E-state index is -5.10. The van der Waals surface area contributed by atoms with Crippen LogP contribution in [0.25, 0.3) is 0 Å². The topological polar surface area (TPSA) is 615 Å². The Balaban J connectivity index is 0.000000488. The van der Waals surface area contributed by atoms with E-state index in [0.717, 1.165) is 5.57 Å². The molecule has 0 radical (unpaired) electrons. The van der Waals surface area contributed by atoms with Crippen molar-refractivity contribution >= 4 is 100 Å². The number of carbonyl (C=O) groups is 12. The number of Topliss-reactive ketones (excluding diaryl/α,β-unsaturated/α-hetero) is 4. The number of ketones is 4. The molecule has 2 saturated carbocycles. The molecule has 4 amide bonds. The number of hydrazone groups is 3. The Bertz CT molecular complexity index is 3540. The second kappa shape index (κ2) is 46.9. The molecule has 11 N–H and O–H groups in total. The largest absolute Gasteiger partial charge is 0.490 e. The molecular formula is C58H72F6N18O24. The number of hydrogen-bond donors (Lipinski definition) is 11. The van der Waals surface area contributed by atoms with Crippen molar-refractivity contribution in [2.24, 2.45) is 56.7 Å². The zero-order valence-corrected chi connectivity index (χ0v) is 56.5. The number of aliphatic hydroxyl groups is 4. The van der Waals surface area contributed by atoms with Gasteiger partial charge in [0.15, 0.2) is 5.78 Å². The summed E-state index contributed by atoms with van der Waals surface area (Å²) in [6.45, 7) is 5.37. The van der Waals surface area contributed by atoms with Gasteiger partial charge in [0.25, 0.3) is 35.3 Å². The average molecular weight is 1520 g/mol. The standard InChI is InChI=1S/C25H30F3N3O6.C13H14F3N5O6.C9H15N5O4.C9H13N5O4.2CO2/c1-11-12(2)15-7-6-14(11)17-18(15)20-19(17)21(16(33)5-4-9-37-24(35)25(26,27)28)30-31-22(20)23(34)29-8-10-36-13(3)32;1-7(22)26-6-4-17-11(24)10-20-18-9(19-21-10)8(23)3-2-5-27-12(25)13(14,15)16;2*15-4-1-2-6(17)7-11-13-8(14-12-7)9(18)10-3-5-16;2*2-1-3/h6-7,11-12,14-15,17-19,31H,4-5,8-10H2,1-3H3,(H,29,34);2-6H2,1H3,(H,17,24);15-16H,1-5H2,(H,10,18)(H,11,12)(H,13,14);15-16H,1-5H2,(H,10,18);;. The predicted octanol–water partition coefficient (Wildman–Crippen LogP) is -4.05. The molecule has 7 unspecified atom stereocenters. The van der Waals surface area contributed by atoms with Gasteiger partial charge in [-0.25, -0.2) is 9.59 Å². The van der Waals surface area contributed by atoms with Crippen LogP contribution in [0.3, 0.4) is 0 Å². The maximum absolute atomic E-state index is 13.1. The third kappa shape index (κ3) is 30.0. The number of allylic oxidation sites excluding steroid dienone is 3. The molecule has 0 aromatic carbocycles. The summed E-state index contributed by atoms with van der Waals surface area (Å²) >= 11 is 0. The lowest BCUT2D eigenvalue weighted by molar-refractivity contribution is -0.199. The summed E-state index contributed by atoms with van der Waals surface area (Å²) in [6.07, 6.45) is -5.16. The normalized spacial score (nSPS) is 17.9. The van der Waals surface area contributed by atoms with Crippen molar-refractivity contribution in [3.63, 3.8) is 0 Å². The summed E-state index contributed by atoms with van der Waals surface area (Å²) in [5.74, 6) is -10.2. The zero-order valence-electron chi connectivity index (χ0n) is 56.5. The summed E-state index contributed by atoms with van der Waals surface area (Å²) in [7, 11) is 0. The Morgan fingerprint density at radius 2 is 0.830 bits per heavy atom. The molecule has 2 bridgehead atoms. The van der Waals surface area contributed by atoms with E-state index in [1.807, 2.05) is 0 Å². The predicted molar refractivity (Wildman–Crippen MR) is 331 cm³/mol. The summed E-state index contributed by atoms with van der Waals surface area (Å²) in [6, 6.07) is 0. The van der Waals surface area contributed by atoms with Gasteiger partial charge in [-0.05, 0) is 66.8 Å². The van der Waals surface area contributed by atoms with Gasteiger partial charge in [-0.2, -0.15) is 55.7 Å². The highest BCUT2D eigenvalue weighted by Crippen LogP contribution is 2.65. The summed E-state index contributed by atoms with van der Waals surface area (Å²) in [4.78, 5) is 170. The van der Waals surface area contributed by atoms with Crippen LogP contribution in [0.15, 0.2) is 38.7 Å². The molecule has 42 nitrogen and oxygen atoms in total.